The second-order valence-corrected chi connectivity index (χ2v) is 9.20. The predicted molar refractivity (Wildman–Crippen MR) is 111 cm³/mol. The first-order valence-corrected chi connectivity index (χ1v) is 11.0. The average molecular weight is 416 g/mol. The van der Waals surface area contributed by atoms with Gasteiger partial charge >= 0.3 is 0 Å². The largest absolute Gasteiger partial charge is 0.467 e. The highest BCUT2D eigenvalue weighted by atomic mass is 16.3. The molecule has 1 aliphatic heterocycles. The van der Waals surface area contributed by atoms with Crippen molar-refractivity contribution in [2.75, 3.05) is 0 Å². The van der Waals surface area contributed by atoms with E-state index in [4.69, 9.17) is 4.42 Å². The molecule has 158 valence electrons. The third-order valence-corrected chi connectivity index (χ3v) is 7.60. The van der Waals surface area contributed by atoms with E-state index in [1.165, 1.54) is 4.90 Å². The molecule has 6 nitrogen and oxygen atoms in total. The highest BCUT2D eigenvalue weighted by molar-refractivity contribution is 6.09. The Hall–Kier alpha value is -3.15. The fourth-order valence-corrected chi connectivity index (χ4v) is 6.13. The van der Waals surface area contributed by atoms with Crippen LogP contribution in [0, 0.1) is 35.5 Å². The van der Waals surface area contributed by atoms with Gasteiger partial charge in [-0.25, -0.2) is 0 Å². The quantitative estimate of drug-likeness (QED) is 0.580. The van der Waals surface area contributed by atoms with Crippen molar-refractivity contribution in [2.24, 2.45) is 35.5 Å². The van der Waals surface area contributed by atoms with Gasteiger partial charge in [0.25, 0.3) is 0 Å². The number of likely N-dealkylation sites (tertiary alicyclic amines) is 1. The third kappa shape index (κ3) is 2.88. The van der Waals surface area contributed by atoms with Gasteiger partial charge in [0.15, 0.2) is 0 Å². The smallest absolute Gasteiger partial charge is 0.244 e. The van der Waals surface area contributed by atoms with Gasteiger partial charge in [0.1, 0.15) is 11.8 Å². The van der Waals surface area contributed by atoms with Gasteiger partial charge in [-0.2, -0.15) is 0 Å². The van der Waals surface area contributed by atoms with Gasteiger partial charge < -0.3 is 9.73 Å². The number of hydrogen-bond donors (Lipinski definition) is 1. The number of carbonyl (C=O) groups excluding carboxylic acids is 3. The van der Waals surface area contributed by atoms with Gasteiger partial charge in [-0.3, -0.25) is 19.3 Å². The molecule has 1 saturated heterocycles. The lowest BCUT2D eigenvalue weighted by atomic mass is 9.63. The lowest BCUT2D eigenvalue weighted by Gasteiger charge is -2.37. The average Bonchev–Trinajstić information content (AvgIpc) is 3.38. The maximum Gasteiger partial charge on any atom is 0.244 e. The number of rotatable bonds is 6. The van der Waals surface area contributed by atoms with Gasteiger partial charge in [0.2, 0.25) is 17.7 Å². The predicted octanol–water partition coefficient (Wildman–Crippen LogP) is 2.56. The van der Waals surface area contributed by atoms with Crippen LogP contribution in [-0.4, -0.2) is 28.7 Å². The van der Waals surface area contributed by atoms with Gasteiger partial charge in [-0.05, 0) is 47.8 Å². The Kier molecular flexibility index (Phi) is 4.16. The number of nitrogens with one attached hydrogen (secondary N) is 1. The summed E-state index contributed by atoms with van der Waals surface area (Å²) in [6.07, 6.45) is 7.27. The monoisotopic (exact) mass is 416 g/mol. The molecule has 5 aliphatic rings. The SMILES string of the molecule is O=C(NCc1ccco1)[C@H](Cc1ccccc1)N1C(=O)[C@H]2[C@@H]3C=C[C@H]([C@@H]4C[C@H]34)[C@@H]2C1=O. The second-order valence-electron chi connectivity index (χ2n) is 9.20. The van der Waals surface area contributed by atoms with Crippen molar-refractivity contribution in [2.45, 2.75) is 25.4 Å². The third-order valence-electron chi connectivity index (χ3n) is 7.60. The highest BCUT2D eigenvalue weighted by Gasteiger charge is 2.67. The number of allylic oxidation sites excluding steroid dienone is 2. The molecule has 0 spiro atoms. The van der Waals surface area contributed by atoms with Crippen LogP contribution in [0.15, 0.2) is 65.3 Å². The van der Waals surface area contributed by atoms with Crippen molar-refractivity contribution < 1.29 is 18.8 Å². The molecular formula is C25H24N2O4. The number of amides is 3. The number of furan rings is 1. The molecule has 6 heteroatoms. The molecule has 3 amide bonds. The number of nitrogens with zero attached hydrogens (tertiary/aromatic N) is 1. The van der Waals surface area contributed by atoms with E-state index in [1.807, 2.05) is 30.3 Å². The number of hydrogen-bond acceptors (Lipinski definition) is 4. The van der Waals surface area contributed by atoms with Crippen LogP contribution in [0.3, 0.4) is 0 Å². The zero-order valence-electron chi connectivity index (χ0n) is 17.0. The summed E-state index contributed by atoms with van der Waals surface area (Å²) in [6.45, 7) is 0.219. The Morgan fingerprint density at radius 1 is 1.00 bits per heavy atom. The number of benzene rings is 1. The molecule has 1 aromatic heterocycles. The van der Waals surface area contributed by atoms with Crippen LogP contribution < -0.4 is 5.32 Å². The van der Waals surface area contributed by atoms with Crippen molar-refractivity contribution in [1.82, 2.24) is 10.2 Å². The molecule has 2 saturated carbocycles. The van der Waals surface area contributed by atoms with E-state index >= 15 is 0 Å². The molecule has 2 aromatic rings. The minimum absolute atomic E-state index is 0.144. The first kappa shape index (κ1) is 18.6. The van der Waals surface area contributed by atoms with Crippen LogP contribution in [0.5, 0.6) is 0 Å². The maximum absolute atomic E-state index is 13.5. The fourth-order valence-electron chi connectivity index (χ4n) is 6.13. The van der Waals surface area contributed by atoms with E-state index < -0.39 is 6.04 Å². The number of carbonyl (C=O) groups is 3. The molecule has 0 radical (unpaired) electrons. The summed E-state index contributed by atoms with van der Waals surface area (Å²) in [7, 11) is 0. The van der Waals surface area contributed by atoms with Crippen LogP contribution in [0.25, 0.3) is 0 Å². The van der Waals surface area contributed by atoms with Crippen LogP contribution in [0.1, 0.15) is 17.7 Å². The zero-order valence-corrected chi connectivity index (χ0v) is 17.0. The standard InChI is InChI=1S/C25H24N2O4/c28-23(26-13-15-7-4-10-31-15)20(11-14-5-2-1-3-6-14)27-24(29)21-16-8-9-17(19-12-18(16)19)22(21)25(27)30/h1-10,16-22H,11-13H2,(H,26,28)/t16-,17-,18-,19+,20+,21+,22+/m1/s1. The fraction of sp³-hybridized carbons (Fsp3) is 0.400. The number of imide groups is 1. The minimum Gasteiger partial charge on any atom is -0.467 e. The first-order chi connectivity index (χ1) is 15.1. The van der Waals surface area contributed by atoms with E-state index in [0.29, 0.717) is 24.0 Å². The summed E-state index contributed by atoms with van der Waals surface area (Å²) in [4.78, 5) is 41.6. The van der Waals surface area contributed by atoms with Crippen molar-refractivity contribution in [3.63, 3.8) is 0 Å². The molecule has 3 fully saturated rings. The Balaban J connectivity index is 1.30. The van der Waals surface area contributed by atoms with Gasteiger partial charge in [0, 0.05) is 6.42 Å². The normalized spacial score (nSPS) is 33.2. The highest BCUT2D eigenvalue weighted by Crippen LogP contribution is 2.65. The summed E-state index contributed by atoms with van der Waals surface area (Å²) < 4.78 is 5.31. The van der Waals surface area contributed by atoms with Crippen molar-refractivity contribution >= 4 is 17.7 Å². The molecular weight excluding hydrogens is 392 g/mol. The topological polar surface area (TPSA) is 79.6 Å². The molecule has 2 bridgehead atoms. The van der Waals surface area contributed by atoms with E-state index in [2.05, 4.69) is 17.5 Å². The molecule has 0 unspecified atom stereocenters. The van der Waals surface area contributed by atoms with Crippen LogP contribution in [0.2, 0.25) is 0 Å². The summed E-state index contributed by atoms with van der Waals surface area (Å²) in [6, 6.07) is 12.2. The lowest BCUT2D eigenvalue weighted by molar-refractivity contribution is -0.148. The van der Waals surface area contributed by atoms with Gasteiger partial charge in [-0.1, -0.05) is 42.5 Å². The van der Waals surface area contributed by atoms with Crippen LogP contribution in [0.4, 0.5) is 0 Å². The van der Waals surface area contributed by atoms with Gasteiger partial charge in [-0.15, -0.1) is 0 Å². The summed E-state index contributed by atoms with van der Waals surface area (Å²) in [5.41, 5.74) is 0.917. The molecule has 31 heavy (non-hydrogen) atoms. The second kappa shape index (κ2) is 6.94. The summed E-state index contributed by atoms with van der Waals surface area (Å²) in [5, 5.41) is 2.87. The Morgan fingerprint density at radius 3 is 2.29 bits per heavy atom. The molecule has 2 heterocycles. The van der Waals surface area contributed by atoms with E-state index in [-0.39, 0.29) is 47.9 Å². The molecule has 1 N–H and O–H groups in total. The van der Waals surface area contributed by atoms with Gasteiger partial charge in [0.05, 0.1) is 24.6 Å². The van der Waals surface area contributed by atoms with Crippen molar-refractivity contribution in [1.29, 1.82) is 0 Å². The Labute approximate surface area is 180 Å². The van der Waals surface area contributed by atoms with E-state index in [0.717, 1.165) is 12.0 Å². The lowest BCUT2D eigenvalue weighted by Crippen LogP contribution is -2.51. The maximum atomic E-state index is 13.5. The molecule has 7 atom stereocenters. The van der Waals surface area contributed by atoms with Crippen molar-refractivity contribution in [3.05, 3.63) is 72.2 Å². The van der Waals surface area contributed by atoms with E-state index in [9.17, 15) is 14.4 Å². The summed E-state index contributed by atoms with van der Waals surface area (Å²) >= 11 is 0. The van der Waals surface area contributed by atoms with Crippen LogP contribution >= 0.6 is 0 Å². The van der Waals surface area contributed by atoms with E-state index in [1.54, 1.807) is 18.4 Å². The Morgan fingerprint density at radius 2 is 1.68 bits per heavy atom. The molecule has 1 aromatic carbocycles. The minimum atomic E-state index is -0.862. The zero-order chi connectivity index (χ0) is 21.1. The van der Waals surface area contributed by atoms with Crippen LogP contribution in [-0.2, 0) is 27.3 Å². The van der Waals surface area contributed by atoms with Crippen molar-refractivity contribution in [3.8, 4) is 0 Å². The first-order valence-electron chi connectivity index (χ1n) is 11.0. The Bertz CT molecular complexity index is 1020. The molecule has 7 rings (SSSR count). The molecule has 4 aliphatic carbocycles. The summed E-state index contributed by atoms with van der Waals surface area (Å²) in [5.74, 6) is 0.705.